The zero-order chi connectivity index (χ0) is 16.2. The largest absolute Gasteiger partial charge is 0.368 e. The van der Waals surface area contributed by atoms with Gasteiger partial charge in [0.1, 0.15) is 5.82 Å². The molecule has 122 valence electrons. The summed E-state index contributed by atoms with van der Waals surface area (Å²) < 4.78 is 0. The molecule has 7 heteroatoms. The maximum absolute atomic E-state index is 11.9. The number of aromatic amines is 1. The molecule has 23 heavy (non-hydrogen) atoms. The van der Waals surface area contributed by atoms with Crippen molar-refractivity contribution in [1.82, 2.24) is 20.2 Å². The number of carbonyl (C=O) groups excluding carboxylic acids is 2. The zero-order valence-corrected chi connectivity index (χ0v) is 12.9. The molecule has 0 atom stereocenters. The second-order valence-corrected chi connectivity index (χ2v) is 5.94. The molecule has 2 aromatic rings. The highest BCUT2D eigenvalue weighted by Gasteiger charge is 2.25. The molecule has 4 N–H and O–H groups in total. The molecule has 0 unspecified atom stereocenters. The van der Waals surface area contributed by atoms with E-state index in [1.165, 1.54) is 0 Å². The van der Waals surface area contributed by atoms with Crippen molar-refractivity contribution in [3.8, 4) is 0 Å². The number of benzene rings is 1. The molecule has 2 amide bonds. The van der Waals surface area contributed by atoms with Gasteiger partial charge < -0.3 is 16.0 Å². The van der Waals surface area contributed by atoms with Crippen molar-refractivity contribution in [1.29, 1.82) is 0 Å². The molecule has 0 bridgehead atoms. The third-order valence-corrected chi connectivity index (χ3v) is 4.21. The summed E-state index contributed by atoms with van der Waals surface area (Å²) in [5.41, 5.74) is 7.06. The van der Waals surface area contributed by atoms with Crippen LogP contribution in [0, 0.1) is 5.92 Å². The molecule has 0 spiro atoms. The van der Waals surface area contributed by atoms with Crippen LogP contribution >= 0.6 is 0 Å². The van der Waals surface area contributed by atoms with Gasteiger partial charge in [0.05, 0.1) is 24.1 Å². The Morgan fingerprint density at radius 1 is 1.30 bits per heavy atom. The molecule has 3 rings (SSSR count). The number of hydrogen-bond acceptors (Lipinski definition) is 4. The van der Waals surface area contributed by atoms with E-state index < -0.39 is 5.91 Å². The molecule has 0 saturated carbocycles. The molecule has 1 aromatic carbocycles. The number of likely N-dealkylation sites (tertiary alicyclic amines) is 1. The van der Waals surface area contributed by atoms with Crippen LogP contribution in [0.1, 0.15) is 18.7 Å². The Bertz CT molecular complexity index is 670. The van der Waals surface area contributed by atoms with Gasteiger partial charge in [0.25, 0.3) is 0 Å². The van der Waals surface area contributed by atoms with Gasteiger partial charge in [-0.3, -0.25) is 14.5 Å². The highest BCUT2D eigenvalue weighted by atomic mass is 16.2. The monoisotopic (exact) mass is 315 g/mol. The number of fused-ring (bicyclic) bond motifs is 1. The first-order chi connectivity index (χ1) is 11.1. The number of carbonyl (C=O) groups is 2. The molecule has 1 aliphatic rings. The van der Waals surface area contributed by atoms with Gasteiger partial charge in [-0.2, -0.15) is 0 Å². The number of piperidine rings is 1. The van der Waals surface area contributed by atoms with E-state index in [2.05, 4.69) is 20.2 Å². The number of para-hydroxylation sites is 2. The van der Waals surface area contributed by atoms with Crippen LogP contribution in [0.2, 0.25) is 0 Å². The molecule has 2 heterocycles. The highest BCUT2D eigenvalue weighted by Crippen LogP contribution is 2.19. The third kappa shape index (κ3) is 3.87. The maximum Gasteiger partial charge on any atom is 0.236 e. The Morgan fingerprint density at radius 2 is 2.04 bits per heavy atom. The fourth-order valence-electron chi connectivity index (χ4n) is 2.96. The molecule has 1 saturated heterocycles. The zero-order valence-electron chi connectivity index (χ0n) is 12.9. The number of primary amides is 1. The lowest BCUT2D eigenvalue weighted by Gasteiger charge is -2.30. The third-order valence-electron chi connectivity index (χ3n) is 4.21. The molecule has 1 aliphatic heterocycles. The van der Waals surface area contributed by atoms with Crippen LogP contribution in [0.25, 0.3) is 11.0 Å². The Balaban J connectivity index is 1.51. The van der Waals surface area contributed by atoms with E-state index in [-0.39, 0.29) is 18.4 Å². The standard InChI is InChI=1S/C16H21N5O2/c17-14(22)9-18-16(23)11-5-7-21(8-6-11)10-15-19-12-3-1-2-4-13(12)20-15/h1-4,11H,5-10H2,(H2,17,22)(H,18,23)(H,19,20). The van der Waals surface area contributed by atoms with Crippen molar-refractivity contribution in [3.05, 3.63) is 30.1 Å². The number of imidazole rings is 1. The Hall–Kier alpha value is -2.41. The normalized spacial score (nSPS) is 16.5. The van der Waals surface area contributed by atoms with Gasteiger partial charge in [-0.05, 0) is 38.1 Å². The van der Waals surface area contributed by atoms with Gasteiger partial charge in [-0.15, -0.1) is 0 Å². The summed E-state index contributed by atoms with van der Waals surface area (Å²) in [5.74, 6) is 0.317. The van der Waals surface area contributed by atoms with Crippen LogP contribution in [0.15, 0.2) is 24.3 Å². The summed E-state index contributed by atoms with van der Waals surface area (Å²) in [6.07, 6.45) is 1.57. The summed E-state index contributed by atoms with van der Waals surface area (Å²) in [6.45, 7) is 2.35. The van der Waals surface area contributed by atoms with E-state index in [0.29, 0.717) is 0 Å². The van der Waals surface area contributed by atoms with Crippen molar-refractivity contribution in [2.24, 2.45) is 11.7 Å². The molecule has 7 nitrogen and oxygen atoms in total. The highest BCUT2D eigenvalue weighted by molar-refractivity contribution is 5.85. The number of rotatable bonds is 5. The van der Waals surface area contributed by atoms with Crippen molar-refractivity contribution >= 4 is 22.8 Å². The van der Waals surface area contributed by atoms with E-state index in [1.54, 1.807) is 0 Å². The molecule has 1 aromatic heterocycles. The predicted octanol–water partition coefficient (Wildman–Crippen LogP) is 0.376. The molecule has 1 fully saturated rings. The fourth-order valence-corrected chi connectivity index (χ4v) is 2.96. The van der Waals surface area contributed by atoms with E-state index in [1.807, 2.05) is 24.3 Å². The van der Waals surface area contributed by atoms with Gasteiger partial charge in [0.15, 0.2) is 0 Å². The number of amides is 2. The van der Waals surface area contributed by atoms with Crippen LogP contribution in [0.5, 0.6) is 0 Å². The minimum absolute atomic E-state index is 0.0405. The van der Waals surface area contributed by atoms with Gasteiger partial charge in [-0.25, -0.2) is 4.98 Å². The second-order valence-electron chi connectivity index (χ2n) is 5.94. The minimum Gasteiger partial charge on any atom is -0.368 e. The topological polar surface area (TPSA) is 104 Å². The lowest BCUT2D eigenvalue weighted by atomic mass is 9.96. The Morgan fingerprint density at radius 3 is 2.74 bits per heavy atom. The van der Waals surface area contributed by atoms with Gasteiger partial charge in [0.2, 0.25) is 11.8 Å². The Kier molecular flexibility index (Phi) is 4.57. The van der Waals surface area contributed by atoms with E-state index in [0.717, 1.165) is 49.3 Å². The van der Waals surface area contributed by atoms with Crippen molar-refractivity contribution < 1.29 is 9.59 Å². The second kappa shape index (κ2) is 6.78. The minimum atomic E-state index is -0.513. The van der Waals surface area contributed by atoms with E-state index >= 15 is 0 Å². The maximum atomic E-state index is 11.9. The molecular weight excluding hydrogens is 294 g/mol. The quantitative estimate of drug-likeness (QED) is 0.742. The average molecular weight is 315 g/mol. The average Bonchev–Trinajstić information content (AvgIpc) is 2.95. The number of aromatic nitrogens is 2. The lowest BCUT2D eigenvalue weighted by Crippen LogP contribution is -2.42. The SMILES string of the molecule is NC(=O)CNC(=O)C1CCN(Cc2nc3ccccc3[nH]2)CC1. The summed E-state index contributed by atoms with van der Waals surface area (Å²) in [5, 5.41) is 2.58. The molecular formula is C16H21N5O2. The van der Waals surface area contributed by atoms with E-state index in [4.69, 9.17) is 5.73 Å². The van der Waals surface area contributed by atoms with Crippen LogP contribution in [0.4, 0.5) is 0 Å². The van der Waals surface area contributed by atoms with Gasteiger partial charge in [-0.1, -0.05) is 12.1 Å². The van der Waals surface area contributed by atoms with Crippen molar-refractivity contribution in [2.75, 3.05) is 19.6 Å². The van der Waals surface area contributed by atoms with Crippen molar-refractivity contribution in [3.63, 3.8) is 0 Å². The number of nitrogens with one attached hydrogen (secondary N) is 2. The summed E-state index contributed by atoms with van der Waals surface area (Å²) in [4.78, 5) is 32.8. The van der Waals surface area contributed by atoms with Crippen molar-refractivity contribution in [2.45, 2.75) is 19.4 Å². The summed E-state index contributed by atoms with van der Waals surface area (Å²) in [6, 6.07) is 7.97. The van der Waals surface area contributed by atoms with E-state index in [9.17, 15) is 9.59 Å². The predicted molar refractivity (Wildman–Crippen MR) is 86.3 cm³/mol. The summed E-state index contributed by atoms with van der Waals surface area (Å²) >= 11 is 0. The number of nitrogens with zero attached hydrogens (tertiary/aromatic N) is 2. The van der Waals surface area contributed by atoms with Crippen LogP contribution in [-0.4, -0.2) is 46.3 Å². The number of H-pyrrole nitrogens is 1. The van der Waals surface area contributed by atoms with Gasteiger partial charge in [0, 0.05) is 5.92 Å². The number of hydrogen-bond donors (Lipinski definition) is 3. The summed E-state index contributed by atoms with van der Waals surface area (Å²) in [7, 11) is 0. The first kappa shape index (κ1) is 15.5. The van der Waals surface area contributed by atoms with Gasteiger partial charge >= 0.3 is 0 Å². The van der Waals surface area contributed by atoms with Crippen LogP contribution in [0.3, 0.4) is 0 Å². The van der Waals surface area contributed by atoms with Crippen LogP contribution in [-0.2, 0) is 16.1 Å². The van der Waals surface area contributed by atoms with Crippen LogP contribution < -0.4 is 11.1 Å². The Labute approximate surface area is 134 Å². The fraction of sp³-hybridized carbons (Fsp3) is 0.438. The molecule has 0 aliphatic carbocycles. The first-order valence-electron chi connectivity index (χ1n) is 7.84. The first-order valence-corrected chi connectivity index (χ1v) is 7.84. The molecule has 0 radical (unpaired) electrons. The lowest BCUT2D eigenvalue weighted by molar-refractivity contribution is -0.128. The number of nitrogens with two attached hydrogens (primary N) is 1. The smallest absolute Gasteiger partial charge is 0.236 e.